The number of hydrogen-bond donors (Lipinski definition) is 0. The molecule has 0 fully saturated rings. The lowest BCUT2D eigenvalue weighted by molar-refractivity contribution is 0.926. The van der Waals surface area contributed by atoms with Crippen LogP contribution in [0.1, 0.15) is 33.6 Å². The molecule has 1 heteroatoms. The molecule has 12 heavy (non-hydrogen) atoms. The van der Waals surface area contributed by atoms with Crippen molar-refractivity contribution in [2.45, 2.75) is 33.6 Å². The van der Waals surface area contributed by atoms with Crippen LogP contribution in [-0.4, -0.2) is 12.0 Å². The summed E-state index contributed by atoms with van der Waals surface area (Å²) in [6.07, 6.45) is 7.29. The molecule has 1 rings (SSSR count). The van der Waals surface area contributed by atoms with Crippen molar-refractivity contribution < 1.29 is 0 Å². The fourth-order valence-corrected chi connectivity index (χ4v) is 2.98. The standard InChI is InChI=1S/C11H19P/c1-5-6-11-7-9(2)12(4)10(3)8-11/h7-8,12H,5-6H2,1-4H3. The van der Waals surface area contributed by atoms with Crippen LogP contribution >= 0.6 is 7.55 Å². The molecule has 1 aliphatic heterocycles. The van der Waals surface area contributed by atoms with E-state index in [4.69, 9.17) is 0 Å². The van der Waals surface area contributed by atoms with Gasteiger partial charge in [0.05, 0.1) is 0 Å². The van der Waals surface area contributed by atoms with Gasteiger partial charge in [-0.05, 0) is 32.5 Å². The second-order valence-electron chi connectivity index (χ2n) is 3.60. The molecule has 0 N–H and O–H groups in total. The predicted molar refractivity (Wildman–Crippen MR) is 61.7 cm³/mol. The van der Waals surface area contributed by atoms with Crippen LogP contribution < -0.4 is 0 Å². The molecule has 68 valence electrons. The minimum absolute atomic E-state index is 0.297. The summed E-state index contributed by atoms with van der Waals surface area (Å²) < 4.78 is 0. The Hall–Kier alpha value is -0.220. The predicted octanol–water partition coefficient (Wildman–Crippen LogP) is 3.67. The Morgan fingerprint density at radius 1 is 1.25 bits per heavy atom. The van der Waals surface area contributed by atoms with Gasteiger partial charge in [-0.1, -0.05) is 43.6 Å². The highest BCUT2D eigenvalue weighted by Gasteiger charge is 2.04. The Labute approximate surface area is 76.8 Å². The Bertz CT molecular complexity index is 267. The van der Waals surface area contributed by atoms with E-state index < -0.39 is 0 Å². The molecule has 1 atom stereocenters. The summed E-state index contributed by atoms with van der Waals surface area (Å²) in [6.45, 7) is 9.18. The van der Waals surface area contributed by atoms with Gasteiger partial charge < -0.3 is 0 Å². The van der Waals surface area contributed by atoms with E-state index in [0.717, 1.165) is 0 Å². The zero-order valence-corrected chi connectivity index (χ0v) is 9.57. The first kappa shape index (κ1) is 9.86. The molecule has 0 radical (unpaired) electrons. The fraction of sp³-hybridized carbons (Fsp3) is 0.545. The van der Waals surface area contributed by atoms with Crippen molar-refractivity contribution in [2.75, 3.05) is 6.66 Å². The molecular formula is C11H19P. The molecule has 0 aromatic heterocycles. The lowest BCUT2D eigenvalue weighted by Crippen LogP contribution is -1.94. The Balaban J connectivity index is 2.91. The van der Waals surface area contributed by atoms with Crippen molar-refractivity contribution in [3.8, 4) is 0 Å². The fourth-order valence-electron chi connectivity index (χ4n) is 1.56. The molecule has 0 bridgehead atoms. The van der Waals surface area contributed by atoms with Gasteiger partial charge in [0.25, 0.3) is 0 Å². The summed E-state index contributed by atoms with van der Waals surface area (Å²) in [7, 11) is -0.297. The molecular weight excluding hydrogens is 163 g/mol. The van der Waals surface area contributed by atoms with Gasteiger partial charge in [0, 0.05) is 0 Å². The Morgan fingerprint density at radius 3 is 2.42 bits per heavy atom. The van der Waals surface area contributed by atoms with Gasteiger partial charge in [0.2, 0.25) is 0 Å². The lowest BCUT2D eigenvalue weighted by Gasteiger charge is -2.14. The smallest absolute Gasteiger partial charge is 0.0281 e. The molecule has 1 unspecified atom stereocenters. The summed E-state index contributed by atoms with van der Waals surface area (Å²) in [5.74, 6) is 0. The first-order chi connectivity index (χ1) is 5.65. The van der Waals surface area contributed by atoms with E-state index in [2.05, 4.69) is 39.6 Å². The van der Waals surface area contributed by atoms with Crippen molar-refractivity contribution in [2.24, 2.45) is 0 Å². The van der Waals surface area contributed by atoms with Crippen LogP contribution in [0.4, 0.5) is 0 Å². The number of hydrogen-bond acceptors (Lipinski definition) is 0. The topological polar surface area (TPSA) is 0 Å². The summed E-state index contributed by atoms with van der Waals surface area (Å²) in [4.78, 5) is 0. The van der Waals surface area contributed by atoms with Crippen LogP contribution in [-0.2, 0) is 0 Å². The minimum atomic E-state index is -0.297. The molecule has 0 saturated heterocycles. The SMILES string of the molecule is CCCC1=CC(C)=[PH](C)C(C)=C1. The van der Waals surface area contributed by atoms with Gasteiger partial charge in [-0.25, -0.2) is 0 Å². The number of allylic oxidation sites excluding steroid dienone is 4. The highest BCUT2D eigenvalue weighted by molar-refractivity contribution is 7.62. The molecule has 0 amide bonds. The Kier molecular flexibility index (Phi) is 3.40. The summed E-state index contributed by atoms with van der Waals surface area (Å²) in [5, 5.41) is 3.23. The van der Waals surface area contributed by atoms with Crippen LogP contribution in [0, 0.1) is 0 Å². The van der Waals surface area contributed by atoms with E-state index >= 15 is 0 Å². The quantitative estimate of drug-likeness (QED) is 0.571. The average molecular weight is 182 g/mol. The van der Waals surface area contributed by atoms with Crippen molar-refractivity contribution in [3.63, 3.8) is 0 Å². The van der Waals surface area contributed by atoms with E-state index in [9.17, 15) is 0 Å². The first-order valence-electron chi connectivity index (χ1n) is 4.72. The van der Waals surface area contributed by atoms with E-state index in [-0.39, 0.29) is 7.55 Å². The summed E-state index contributed by atoms with van der Waals surface area (Å²) in [5.41, 5.74) is 1.53. The van der Waals surface area contributed by atoms with E-state index in [1.54, 1.807) is 10.6 Å². The van der Waals surface area contributed by atoms with Gasteiger partial charge >= 0.3 is 0 Å². The second kappa shape index (κ2) is 4.14. The van der Waals surface area contributed by atoms with Crippen LogP contribution in [0.15, 0.2) is 23.0 Å². The van der Waals surface area contributed by atoms with E-state index in [1.165, 1.54) is 18.4 Å². The van der Waals surface area contributed by atoms with Crippen LogP contribution in [0.3, 0.4) is 0 Å². The third kappa shape index (κ3) is 2.14. The second-order valence-corrected chi connectivity index (χ2v) is 6.43. The normalized spacial score (nSPS) is 23.7. The maximum Gasteiger partial charge on any atom is -0.0281 e. The lowest BCUT2D eigenvalue weighted by atomic mass is 10.1. The molecule has 0 nitrogen and oxygen atoms in total. The third-order valence-corrected chi connectivity index (χ3v) is 5.18. The van der Waals surface area contributed by atoms with Crippen molar-refractivity contribution in [1.82, 2.24) is 0 Å². The largest absolute Gasteiger partial charge is 0.0942 e. The summed E-state index contributed by atoms with van der Waals surface area (Å²) >= 11 is 0. The molecule has 0 aromatic rings. The zero-order valence-electron chi connectivity index (χ0n) is 8.57. The molecule has 1 aliphatic rings. The van der Waals surface area contributed by atoms with Gasteiger partial charge in [-0.15, -0.1) is 0 Å². The minimum Gasteiger partial charge on any atom is -0.0942 e. The van der Waals surface area contributed by atoms with Crippen molar-refractivity contribution in [3.05, 3.63) is 23.0 Å². The Morgan fingerprint density at radius 2 is 1.92 bits per heavy atom. The molecule has 0 saturated carbocycles. The highest BCUT2D eigenvalue weighted by atomic mass is 31.1. The molecule has 1 heterocycles. The van der Waals surface area contributed by atoms with E-state index in [1.807, 2.05) is 0 Å². The third-order valence-electron chi connectivity index (χ3n) is 2.53. The number of rotatable bonds is 2. The van der Waals surface area contributed by atoms with Gasteiger partial charge in [0.1, 0.15) is 0 Å². The zero-order chi connectivity index (χ0) is 9.14. The van der Waals surface area contributed by atoms with Crippen molar-refractivity contribution in [1.29, 1.82) is 0 Å². The summed E-state index contributed by atoms with van der Waals surface area (Å²) in [6, 6.07) is 0. The maximum absolute atomic E-state index is 2.39. The van der Waals surface area contributed by atoms with Crippen LogP contribution in [0.5, 0.6) is 0 Å². The first-order valence-corrected chi connectivity index (χ1v) is 6.72. The van der Waals surface area contributed by atoms with Crippen LogP contribution in [0.2, 0.25) is 0 Å². The highest BCUT2D eigenvalue weighted by Crippen LogP contribution is 2.36. The maximum atomic E-state index is 2.39. The molecule has 0 aromatic carbocycles. The van der Waals surface area contributed by atoms with Gasteiger partial charge in [-0.2, -0.15) is 0 Å². The molecule has 0 spiro atoms. The van der Waals surface area contributed by atoms with Gasteiger partial charge in [0.15, 0.2) is 0 Å². The van der Waals surface area contributed by atoms with Crippen LogP contribution in [0.25, 0.3) is 0 Å². The van der Waals surface area contributed by atoms with E-state index in [0.29, 0.717) is 0 Å². The average Bonchev–Trinajstić information content (AvgIpc) is 2.01. The van der Waals surface area contributed by atoms with Gasteiger partial charge in [-0.3, -0.25) is 0 Å². The monoisotopic (exact) mass is 182 g/mol. The van der Waals surface area contributed by atoms with Crippen molar-refractivity contribution >= 4 is 12.8 Å². The molecule has 0 aliphatic carbocycles.